The van der Waals surface area contributed by atoms with Crippen LogP contribution in [0.15, 0.2) is 11.3 Å². The molecule has 3 aliphatic rings. The largest absolute Gasteiger partial charge is 0.391 e. The van der Waals surface area contributed by atoms with Gasteiger partial charge in [0.25, 0.3) is 0 Å². The fourth-order valence-electron chi connectivity index (χ4n) is 3.93. The lowest BCUT2D eigenvalue weighted by atomic mass is 9.85. The maximum absolute atomic E-state index is 12.7. The molecule has 23 heavy (non-hydrogen) atoms. The van der Waals surface area contributed by atoms with Crippen molar-refractivity contribution in [2.45, 2.75) is 58.2 Å². The number of nitrogens with zero attached hydrogens (tertiary/aromatic N) is 1. The van der Waals surface area contributed by atoms with Crippen LogP contribution in [0.25, 0.3) is 0 Å². The molecule has 2 aliphatic carbocycles. The quantitative estimate of drug-likeness (QED) is 0.804. The first-order valence-corrected chi connectivity index (χ1v) is 8.55. The van der Waals surface area contributed by atoms with E-state index in [0.717, 1.165) is 30.6 Å². The summed E-state index contributed by atoms with van der Waals surface area (Å²) in [5.74, 6) is 0.279. The molecule has 1 N–H and O–H groups in total. The zero-order valence-electron chi connectivity index (χ0n) is 13.7. The minimum Gasteiger partial charge on any atom is -0.374 e. The van der Waals surface area contributed by atoms with Crippen LogP contribution in [0, 0.1) is 17.8 Å². The summed E-state index contributed by atoms with van der Waals surface area (Å²) in [4.78, 5) is 14.6. The molecule has 1 amide bonds. The number of amides is 1. The highest BCUT2D eigenvalue weighted by molar-refractivity contribution is 5.93. The Balaban J connectivity index is 1.51. The highest BCUT2D eigenvalue weighted by Crippen LogP contribution is 2.46. The molecule has 0 aromatic carbocycles. The molecule has 0 aromatic heterocycles. The van der Waals surface area contributed by atoms with Gasteiger partial charge >= 0.3 is 6.18 Å². The maximum Gasteiger partial charge on any atom is 0.391 e. The number of alkyl halides is 3. The molecule has 0 aromatic rings. The second kappa shape index (κ2) is 6.02. The summed E-state index contributed by atoms with van der Waals surface area (Å²) in [6, 6.07) is -0.129. The first-order valence-electron chi connectivity index (χ1n) is 8.55. The van der Waals surface area contributed by atoms with Crippen LogP contribution in [-0.4, -0.2) is 36.1 Å². The number of piperidine rings is 1. The van der Waals surface area contributed by atoms with Crippen molar-refractivity contribution in [2.75, 3.05) is 13.1 Å². The molecule has 6 heteroatoms. The Labute approximate surface area is 135 Å². The first-order chi connectivity index (χ1) is 10.8. The minimum absolute atomic E-state index is 0.117. The van der Waals surface area contributed by atoms with Crippen LogP contribution in [0.3, 0.4) is 0 Å². The fourth-order valence-corrected chi connectivity index (χ4v) is 3.93. The number of carbonyl (C=O) groups is 1. The smallest absolute Gasteiger partial charge is 0.374 e. The van der Waals surface area contributed by atoms with E-state index in [1.54, 1.807) is 0 Å². The highest BCUT2D eigenvalue weighted by atomic mass is 19.4. The Morgan fingerprint density at radius 3 is 2.13 bits per heavy atom. The van der Waals surface area contributed by atoms with Crippen molar-refractivity contribution in [3.05, 3.63) is 11.3 Å². The number of likely N-dealkylation sites (tertiary alicyclic amines) is 1. The number of hydrogen-bond donors (Lipinski definition) is 1. The van der Waals surface area contributed by atoms with Gasteiger partial charge in [-0.25, -0.2) is 0 Å². The number of rotatable bonds is 3. The van der Waals surface area contributed by atoms with Crippen LogP contribution in [0.2, 0.25) is 0 Å². The number of nitrogens with one attached hydrogen (secondary N) is 1. The first kappa shape index (κ1) is 16.7. The molecule has 3 fully saturated rings. The van der Waals surface area contributed by atoms with Gasteiger partial charge in [0.2, 0.25) is 5.91 Å². The second-order valence-corrected chi connectivity index (χ2v) is 7.43. The van der Waals surface area contributed by atoms with Crippen LogP contribution >= 0.6 is 0 Å². The summed E-state index contributed by atoms with van der Waals surface area (Å²) in [5.41, 5.74) is 1.71. The number of fused-ring (bicyclic) bond motifs is 1. The van der Waals surface area contributed by atoms with Crippen molar-refractivity contribution in [3.8, 4) is 0 Å². The molecule has 3 nitrogen and oxygen atoms in total. The van der Waals surface area contributed by atoms with Crippen LogP contribution in [0.5, 0.6) is 0 Å². The van der Waals surface area contributed by atoms with Crippen LogP contribution in [-0.2, 0) is 4.79 Å². The molecule has 1 saturated heterocycles. The van der Waals surface area contributed by atoms with E-state index in [9.17, 15) is 18.0 Å². The number of hydrogen-bond acceptors (Lipinski definition) is 2. The molecule has 2 saturated carbocycles. The minimum atomic E-state index is -4.10. The third-order valence-electron chi connectivity index (χ3n) is 5.86. The van der Waals surface area contributed by atoms with Gasteiger partial charge in [0.05, 0.1) is 5.92 Å². The van der Waals surface area contributed by atoms with Gasteiger partial charge in [-0.15, -0.1) is 0 Å². The number of halogens is 3. The molecular weight excluding hydrogens is 305 g/mol. The predicted octanol–water partition coefficient (Wildman–Crippen LogP) is 3.47. The third-order valence-corrected chi connectivity index (χ3v) is 5.86. The second-order valence-electron chi connectivity index (χ2n) is 7.43. The summed E-state index contributed by atoms with van der Waals surface area (Å²) in [6.45, 7) is 5.87. The zero-order chi connectivity index (χ0) is 16.8. The molecule has 2 unspecified atom stereocenters. The summed E-state index contributed by atoms with van der Waals surface area (Å²) in [7, 11) is 0. The lowest BCUT2D eigenvalue weighted by Gasteiger charge is -2.30. The highest BCUT2D eigenvalue weighted by Gasteiger charge is 2.45. The van der Waals surface area contributed by atoms with E-state index in [4.69, 9.17) is 0 Å². The fraction of sp³-hybridized carbons (Fsp3) is 0.824. The molecule has 1 heterocycles. The van der Waals surface area contributed by atoms with Crippen LogP contribution in [0.1, 0.15) is 46.0 Å². The normalized spacial score (nSPS) is 34.7. The Morgan fingerprint density at radius 2 is 1.61 bits per heavy atom. The van der Waals surface area contributed by atoms with Crippen molar-refractivity contribution >= 4 is 5.91 Å². The molecule has 0 spiro atoms. The Morgan fingerprint density at radius 1 is 1.04 bits per heavy atom. The van der Waals surface area contributed by atoms with Crippen molar-refractivity contribution in [2.24, 2.45) is 17.8 Å². The maximum atomic E-state index is 12.7. The van der Waals surface area contributed by atoms with Gasteiger partial charge in [-0.05, 0) is 57.8 Å². The number of allylic oxidation sites excluding steroid dienone is 1. The van der Waals surface area contributed by atoms with Gasteiger partial charge in [-0.2, -0.15) is 13.2 Å². The zero-order valence-corrected chi connectivity index (χ0v) is 13.7. The average Bonchev–Trinajstić information content (AvgIpc) is 3.11. The molecule has 3 rings (SSSR count). The lowest BCUT2D eigenvalue weighted by Crippen LogP contribution is -2.41. The summed E-state index contributed by atoms with van der Waals surface area (Å²) in [6.07, 6.45) is -1.72. The summed E-state index contributed by atoms with van der Waals surface area (Å²) in [5, 5.41) is 2.93. The van der Waals surface area contributed by atoms with E-state index in [0.29, 0.717) is 18.4 Å². The molecule has 130 valence electrons. The Bertz CT molecular complexity index is 496. The lowest BCUT2D eigenvalue weighted by molar-refractivity contribution is -0.182. The van der Waals surface area contributed by atoms with Crippen molar-refractivity contribution in [1.29, 1.82) is 0 Å². The van der Waals surface area contributed by atoms with Gasteiger partial charge in [0.1, 0.15) is 0 Å². The Hall–Kier alpha value is -1.20. The van der Waals surface area contributed by atoms with Crippen molar-refractivity contribution in [1.82, 2.24) is 10.2 Å². The standard InChI is InChI=1S/C17H25F3N2O/c1-10(11(2)22-8-12-7-13(12)9-22)16(23)21-15-5-3-14(4-6-15)17(18,19)20/h12-15H,3-9H2,1-2H3,(H,21,23)/b11-10-. The van der Waals surface area contributed by atoms with E-state index in [1.165, 1.54) is 6.42 Å². The SMILES string of the molecule is C/C(C(=O)NC1CCC(C(F)(F)F)CC1)=C(\C)N1CC2CC2C1. The predicted molar refractivity (Wildman–Crippen MR) is 81.5 cm³/mol. The van der Waals surface area contributed by atoms with E-state index in [1.807, 2.05) is 13.8 Å². The van der Waals surface area contributed by atoms with E-state index in [2.05, 4.69) is 10.2 Å². The topological polar surface area (TPSA) is 32.3 Å². The molecule has 2 atom stereocenters. The van der Waals surface area contributed by atoms with Crippen molar-refractivity contribution < 1.29 is 18.0 Å². The van der Waals surface area contributed by atoms with E-state index < -0.39 is 12.1 Å². The van der Waals surface area contributed by atoms with Crippen molar-refractivity contribution in [3.63, 3.8) is 0 Å². The van der Waals surface area contributed by atoms with Crippen LogP contribution < -0.4 is 5.32 Å². The van der Waals surface area contributed by atoms with E-state index >= 15 is 0 Å². The third kappa shape index (κ3) is 3.66. The van der Waals surface area contributed by atoms with Gasteiger partial charge in [0.15, 0.2) is 0 Å². The summed E-state index contributed by atoms with van der Waals surface area (Å²) >= 11 is 0. The van der Waals surface area contributed by atoms with Gasteiger partial charge < -0.3 is 10.2 Å². The monoisotopic (exact) mass is 330 g/mol. The Kier molecular flexibility index (Phi) is 4.36. The van der Waals surface area contributed by atoms with Gasteiger partial charge in [0, 0.05) is 30.4 Å². The van der Waals surface area contributed by atoms with Crippen LogP contribution in [0.4, 0.5) is 13.2 Å². The number of carbonyl (C=O) groups excluding carboxylic acids is 1. The molecule has 1 aliphatic heterocycles. The summed E-state index contributed by atoms with van der Waals surface area (Å²) < 4.78 is 38.0. The van der Waals surface area contributed by atoms with Gasteiger partial charge in [-0.1, -0.05) is 0 Å². The average molecular weight is 330 g/mol. The van der Waals surface area contributed by atoms with Gasteiger partial charge in [-0.3, -0.25) is 4.79 Å². The molecule has 0 radical (unpaired) electrons. The molecule has 0 bridgehead atoms. The van der Waals surface area contributed by atoms with E-state index in [-0.39, 0.29) is 24.8 Å². The molecular formula is C17H25F3N2O.